The second-order valence-electron chi connectivity index (χ2n) is 4.96. The molecular weight excluding hydrogens is 271 g/mol. The molecule has 0 heterocycles. The first-order valence-corrected chi connectivity index (χ1v) is 6.35. The summed E-state index contributed by atoms with van der Waals surface area (Å²) < 4.78 is 37.9. The fraction of sp³-hybridized carbons (Fsp3) is 0.500. The lowest BCUT2D eigenvalue weighted by Gasteiger charge is -2.30. The molecule has 0 fully saturated rings. The van der Waals surface area contributed by atoms with E-state index in [-0.39, 0.29) is 16.8 Å². The fourth-order valence-electron chi connectivity index (χ4n) is 1.76. The minimum Gasteiger partial charge on any atom is -0.478 e. The molecule has 0 atom stereocenters. The molecule has 0 saturated heterocycles. The van der Waals surface area contributed by atoms with E-state index in [2.05, 4.69) is 5.32 Å². The maximum atomic E-state index is 12.6. The van der Waals surface area contributed by atoms with E-state index in [4.69, 9.17) is 5.11 Å². The summed E-state index contributed by atoms with van der Waals surface area (Å²) in [4.78, 5) is 11.2. The Labute approximate surface area is 115 Å². The van der Waals surface area contributed by atoms with Crippen LogP contribution in [-0.4, -0.2) is 16.6 Å². The van der Waals surface area contributed by atoms with Gasteiger partial charge in [0.25, 0.3) is 0 Å². The van der Waals surface area contributed by atoms with Gasteiger partial charge in [0.2, 0.25) is 0 Å². The van der Waals surface area contributed by atoms with Gasteiger partial charge in [-0.1, -0.05) is 13.8 Å². The van der Waals surface area contributed by atoms with Crippen LogP contribution < -0.4 is 5.32 Å². The Morgan fingerprint density at radius 2 is 1.80 bits per heavy atom. The van der Waals surface area contributed by atoms with Crippen LogP contribution in [0.3, 0.4) is 0 Å². The molecule has 0 saturated carbocycles. The summed E-state index contributed by atoms with van der Waals surface area (Å²) in [6.45, 7) is 5.76. The van der Waals surface area contributed by atoms with E-state index in [0.717, 1.165) is 18.9 Å². The fourth-order valence-corrected chi connectivity index (χ4v) is 1.76. The first kappa shape index (κ1) is 16.3. The van der Waals surface area contributed by atoms with Gasteiger partial charge in [0.05, 0.1) is 11.1 Å². The van der Waals surface area contributed by atoms with Gasteiger partial charge >= 0.3 is 12.1 Å². The van der Waals surface area contributed by atoms with Crippen LogP contribution in [0.1, 0.15) is 49.5 Å². The molecule has 1 rings (SSSR count). The lowest BCUT2D eigenvalue weighted by molar-refractivity contribution is -0.137. The summed E-state index contributed by atoms with van der Waals surface area (Å²) in [5.74, 6) is -1.38. The SMILES string of the molecule is CCC(C)(CC)Nc1ccc(C(F)(F)F)cc1C(=O)O. The molecule has 6 heteroatoms. The van der Waals surface area contributed by atoms with Crippen molar-refractivity contribution in [1.29, 1.82) is 0 Å². The standard InChI is InChI=1S/C14H18F3NO2/c1-4-13(3,5-2)18-11-7-6-9(14(15,16)17)8-10(11)12(19)20/h6-8,18H,4-5H2,1-3H3,(H,19,20). The highest BCUT2D eigenvalue weighted by molar-refractivity contribution is 5.94. The number of anilines is 1. The molecule has 0 aromatic heterocycles. The Morgan fingerprint density at radius 3 is 2.20 bits per heavy atom. The number of carbonyl (C=O) groups is 1. The van der Waals surface area contributed by atoms with E-state index in [1.807, 2.05) is 20.8 Å². The van der Waals surface area contributed by atoms with E-state index < -0.39 is 17.7 Å². The molecule has 0 spiro atoms. The second-order valence-corrected chi connectivity index (χ2v) is 4.96. The van der Waals surface area contributed by atoms with Crippen LogP contribution in [0.25, 0.3) is 0 Å². The van der Waals surface area contributed by atoms with E-state index >= 15 is 0 Å². The molecule has 0 radical (unpaired) electrons. The van der Waals surface area contributed by atoms with Crippen molar-refractivity contribution in [1.82, 2.24) is 0 Å². The number of carboxylic acids is 1. The van der Waals surface area contributed by atoms with Crippen molar-refractivity contribution < 1.29 is 23.1 Å². The summed E-state index contributed by atoms with van der Waals surface area (Å²) in [6.07, 6.45) is -3.10. The third-order valence-corrected chi connectivity index (χ3v) is 3.57. The van der Waals surface area contributed by atoms with Crippen molar-refractivity contribution >= 4 is 11.7 Å². The number of benzene rings is 1. The molecule has 0 amide bonds. The highest BCUT2D eigenvalue weighted by Crippen LogP contribution is 2.33. The number of aromatic carboxylic acids is 1. The van der Waals surface area contributed by atoms with Crippen molar-refractivity contribution in [2.75, 3.05) is 5.32 Å². The first-order chi connectivity index (χ1) is 9.13. The van der Waals surface area contributed by atoms with Gasteiger partial charge in [-0.05, 0) is 38.0 Å². The monoisotopic (exact) mass is 289 g/mol. The van der Waals surface area contributed by atoms with Gasteiger partial charge in [0.15, 0.2) is 0 Å². The molecule has 20 heavy (non-hydrogen) atoms. The topological polar surface area (TPSA) is 49.3 Å². The second kappa shape index (κ2) is 5.73. The highest BCUT2D eigenvalue weighted by Gasteiger charge is 2.32. The largest absolute Gasteiger partial charge is 0.478 e. The summed E-state index contributed by atoms with van der Waals surface area (Å²) in [7, 11) is 0. The number of nitrogens with one attached hydrogen (secondary N) is 1. The van der Waals surface area contributed by atoms with E-state index in [0.29, 0.717) is 6.07 Å². The molecule has 2 N–H and O–H groups in total. The lowest BCUT2D eigenvalue weighted by Crippen LogP contribution is -2.33. The predicted octanol–water partition coefficient (Wildman–Crippen LogP) is 4.39. The van der Waals surface area contributed by atoms with Crippen LogP contribution in [0.4, 0.5) is 18.9 Å². The van der Waals surface area contributed by atoms with Crippen molar-refractivity contribution in [3.8, 4) is 0 Å². The maximum Gasteiger partial charge on any atom is 0.416 e. The normalized spacial score (nSPS) is 12.3. The van der Waals surface area contributed by atoms with E-state index in [1.54, 1.807) is 0 Å². The van der Waals surface area contributed by atoms with Gasteiger partial charge in [-0.15, -0.1) is 0 Å². The van der Waals surface area contributed by atoms with E-state index in [1.165, 1.54) is 6.07 Å². The van der Waals surface area contributed by atoms with E-state index in [9.17, 15) is 18.0 Å². The Kier molecular flexibility index (Phi) is 4.68. The molecule has 3 nitrogen and oxygen atoms in total. The van der Waals surface area contributed by atoms with Crippen molar-refractivity contribution in [2.45, 2.75) is 45.3 Å². The van der Waals surface area contributed by atoms with Crippen LogP contribution in [0, 0.1) is 0 Å². The average molecular weight is 289 g/mol. The lowest BCUT2D eigenvalue weighted by atomic mass is 9.94. The zero-order valence-electron chi connectivity index (χ0n) is 11.6. The number of hydrogen-bond acceptors (Lipinski definition) is 2. The Balaban J connectivity index is 3.25. The van der Waals surface area contributed by atoms with Crippen LogP contribution in [0.5, 0.6) is 0 Å². The van der Waals surface area contributed by atoms with Crippen LogP contribution in [-0.2, 0) is 6.18 Å². The van der Waals surface area contributed by atoms with Crippen LogP contribution in [0.15, 0.2) is 18.2 Å². The maximum absolute atomic E-state index is 12.6. The smallest absolute Gasteiger partial charge is 0.416 e. The Morgan fingerprint density at radius 1 is 1.25 bits per heavy atom. The molecule has 0 aliphatic rings. The summed E-state index contributed by atoms with van der Waals surface area (Å²) >= 11 is 0. The third-order valence-electron chi connectivity index (χ3n) is 3.57. The molecule has 0 unspecified atom stereocenters. The molecule has 1 aromatic carbocycles. The Bertz CT molecular complexity index is 494. The van der Waals surface area contributed by atoms with Crippen molar-refractivity contribution in [3.63, 3.8) is 0 Å². The van der Waals surface area contributed by atoms with Gasteiger partial charge in [0.1, 0.15) is 0 Å². The number of hydrogen-bond donors (Lipinski definition) is 2. The quantitative estimate of drug-likeness (QED) is 0.845. The number of alkyl halides is 3. The van der Waals surface area contributed by atoms with Crippen molar-refractivity contribution in [2.24, 2.45) is 0 Å². The van der Waals surface area contributed by atoms with Gasteiger partial charge in [0, 0.05) is 11.2 Å². The molecule has 112 valence electrons. The number of rotatable bonds is 5. The molecule has 0 aliphatic heterocycles. The number of carboxylic acid groups (broad SMARTS) is 1. The van der Waals surface area contributed by atoms with Gasteiger partial charge < -0.3 is 10.4 Å². The third kappa shape index (κ3) is 3.65. The summed E-state index contributed by atoms with van der Waals surface area (Å²) in [5, 5.41) is 12.1. The van der Waals surface area contributed by atoms with Crippen LogP contribution >= 0.6 is 0 Å². The molecule has 0 aliphatic carbocycles. The van der Waals surface area contributed by atoms with Crippen molar-refractivity contribution in [3.05, 3.63) is 29.3 Å². The molecule has 0 bridgehead atoms. The highest BCUT2D eigenvalue weighted by atomic mass is 19.4. The predicted molar refractivity (Wildman–Crippen MR) is 71.0 cm³/mol. The van der Waals surface area contributed by atoms with Gasteiger partial charge in [-0.25, -0.2) is 4.79 Å². The number of halogens is 3. The minimum atomic E-state index is -4.55. The summed E-state index contributed by atoms with van der Waals surface area (Å²) in [6, 6.07) is 2.73. The van der Waals surface area contributed by atoms with Gasteiger partial charge in [-0.3, -0.25) is 0 Å². The zero-order chi connectivity index (χ0) is 15.6. The van der Waals surface area contributed by atoms with Gasteiger partial charge in [-0.2, -0.15) is 13.2 Å². The average Bonchev–Trinajstić information content (AvgIpc) is 2.37. The molecule has 1 aromatic rings. The molecular formula is C14H18F3NO2. The summed E-state index contributed by atoms with van der Waals surface area (Å²) in [5.41, 5.74) is -1.48. The minimum absolute atomic E-state index is 0.205. The van der Waals surface area contributed by atoms with Crippen LogP contribution in [0.2, 0.25) is 0 Å². The first-order valence-electron chi connectivity index (χ1n) is 6.35. The zero-order valence-corrected chi connectivity index (χ0v) is 11.6. The Hall–Kier alpha value is -1.72.